The van der Waals surface area contributed by atoms with Crippen LogP contribution in [0.2, 0.25) is 0 Å². The van der Waals surface area contributed by atoms with Crippen molar-refractivity contribution in [1.29, 1.82) is 5.26 Å². The summed E-state index contributed by atoms with van der Waals surface area (Å²) in [7, 11) is 0. The minimum Gasteiger partial charge on any atom is -0.493 e. The van der Waals surface area contributed by atoms with Gasteiger partial charge < -0.3 is 18.9 Å². The number of fused-ring (bicyclic) bond motifs is 8. The summed E-state index contributed by atoms with van der Waals surface area (Å²) in [4.78, 5) is 0. The summed E-state index contributed by atoms with van der Waals surface area (Å²) in [5.74, 6) is 3.84. The Morgan fingerprint density at radius 3 is 0.818 bits per heavy atom. The van der Waals surface area contributed by atoms with Gasteiger partial charge in [-0.25, -0.2) is 0 Å². The quantitative estimate of drug-likeness (QED) is 0.0403. The molecule has 0 saturated carbocycles. The molecule has 0 fully saturated rings. The van der Waals surface area contributed by atoms with Gasteiger partial charge in [-0.05, 0) is 71.2 Å². The fourth-order valence-electron chi connectivity index (χ4n) is 9.62. The van der Waals surface area contributed by atoms with Crippen molar-refractivity contribution in [3.63, 3.8) is 0 Å². The molecule has 0 heterocycles. The highest BCUT2D eigenvalue weighted by atomic mass is 16.5. The van der Waals surface area contributed by atoms with E-state index in [4.69, 9.17) is 18.9 Å². The summed E-state index contributed by atoms with van der Waals surface area (Å²) in [6, 6.07) is 26.7. The Labute approximate surface area is 402 Å². The monoisotopic (exact) mass is 898 g/mol. The van der Waals surface area contributed by atoms with Crippen LogP contribution in [0.3, 0.4) is 0 Å². The Balaban J connectivity index is 1.60. The molecule has 4 aromatic rings. The summed E-state index contributed by atoms with van der Waals surface area (Å²) < 4.78 is 27.8. The molecule has 0 N–H and O–H groups in total. The van der Waals surface area contributed by atoms with Gasteiger partial charge in [-0.15, -0.1) is 0 Å². The highest BCUT2D eigenvalue weighted by Gasteiger charge is 2.23. The average Bonchev–Trinajstić information content (AvgIpc) is 3.32. The van der Waals surface area contributed by atoms with E-state index in [1.54, 1.807) is 0 Å². The van der Waals surface area contributed by atoms with Gasteiger partial charge in [-0.2, -0.15) is 5.26 Å². The molecule has 4 aromatic carbocycles. The van der Waals surface area contributed by atoms with Crippen LogP contribution in [-0.2, 0) is 25.7 Å². The van der Waals surface area contributed by atoms with Gasteiger partial charge >= 0.3 is 0 Å². The van der Waals surface area contributed by atoms with E-state index < -0.39 is 0 Å². The Morgan fingerprint density at radius 1 is 0.333 bits per heavy atom. The lowest BCUT2D eigenvalue weighted by molar-refractivity contribution is 0.293. The second-order valence-electron chi connectivity index (χ2n) is 19.1. The van der Waals surface area contributed by atoms with Gasteiger partial charge in [0.05, 0.1) is 38.1 Å². The third-order valence-electron chi connectivity index (χ3n) is 13.4. The van der Waals surface area contributed by atoms with E-state index in [1.165, 1.54) is 144 Å². The first-order chi connectivity index (χ1) is 32.6. The Kier molecular flexibility index (Phi) is 25.1. The second kappa shape index (κ2) is 31.5. The zero-order valence-corrected chi connectivity index (χ0v) is 42.1. The van der Waals surface area contributed by atoms with E-state index >= 15 is 0 Å². The lowest BCUT2D eigenvalue weighted by Crippen LogP contribution is -2.10. The number of ether oxygens (including phenoxy) is 4. The number of para-hydroxylation sites is 3. The van der Waals surface area contributed by atoms with Crippen molar-refractivity contribution in [1.82, 2.24) is 0 Å². The van der Waals surface area contributed by atoms with E-state index in [-0.39, 0.29) is 0 Å². The smallest absolute Gasteiger partial charge is 0.126 e. The van der Waals surface area contributed by atoms with Crippen molar-refractivity contribution in [3.05, 3.63) is 117 Å². The van der Waals surface area contributed by atoms with Gasteiger partial charge in [0.2, 0.25) is 0 Å². The zero-order valence-electron chi connectivity index (χ0n) is 42.1. The Hall–Kier alpha value is -4.43. The van der Waals surface area contributed by atoms with Crippen molar-refractivity contribution in [2.45, 2.75) is 207 Å². The molecular formula is C61H87NO4. The summed E-state index contributed by atoms with van der Waals surface area (Å²) >= 11 is 0. The molecule has 66 heavy (non-hydrogen) atoms. The number of hydrogen-bond acceptors (Lipinski definition) is 5. The zero-order chi connectivity index (χ0) is 46.4. The third-order valence-corrected chi connectivity index (χ3v) is 13.4. The van der Waals surface area contributed by atoms with Gasteiger partial charge in [0, 0.05) is 36.8 Å². The molecule has 0 aliphatic heterocycles. The SMILES string of the molecule is CCCCCCCCOc1c2cccc1Cc1cccc(c1OCCCCCCCC)Cc1cc(C#N)cc(c1OCCCCCCCC)Cc1cccc(c1OCCCCCCCC)C2. The Morgan fingerprint density at radius 2 is 0.561 bits per heavy atom. The minimum absolute atomic E-state index is 0.608. The third kappa shape index (κ3) is 17.7. The van der Waals surface area contributed by atoms with Gasteiger partial charge in [0.25, 0.3) is 0 Å². The molecule has 5 nitrogen and oxygen atoms in total. The molecule has 1 aliphatic rings. The minimum atomic E-state index is 0.608. The van der Waals surface area contributed by atoms with Crippen molar-refractivity contribution in [2.24, 2.45) is 0 Å². The van der Waals surface area contributed by atoms with Crippen LogP contribution in [0.25, 0.3) is 0 Å². The molecular weight excluding hydrogens is 811 g/mol. The van der Waals surface area contributed by atoms with E-state index in [0.717, 1.165) is 77.4 Å². The fraction of sp³-hybridized carbons (Fsp3) is 0.590. The molecule has 1 aliphatic carbocycles. The molecule has 0 unspecified atom stereocenters. The maximum atomic E-state index is 10.6. The molecule has 5 rings (SSSR count). The molecule has 0 spiro atoms. The van der Waals surface area contributed by atoms with Gasteiger partial charge in [0.1, 0.15) is 23.0 Å². The summed E-state index contributed by atoms with van der Waals surface area (Å²) in [6.45, 7) is 11.8. The van der Waals surface area contributed by atoms with Gasteiger partial charge in [0.15, 0.2) is 0 Å². The van der Waals surface area contributed by atoms with Crippen molar-refractivity contribution in [2.75, 3.05) is 26.4 Å². The molecule has 0 amide bonds. The van der Waals surface area contributed by atoms with Gasteiger partial charge in [-0.1, -0.05) is 211 Å². The Bertz CT molecular complexity index is 1900. The van der Waals surface area contributed by atoms with E-state index in [9.17, 15) is 5.26 Å². The summed E-state index contributed by atoms with van der Waals surface area (Å²) in [6.07, 6.45) is 31.7. The van der Waals surface area contributed by atoms with Crippen LogP contribution < -0.4 is 18.9 Å². The number of nitrogens with zero attached hydrogens (tertiary/aromatic N) is 1. The average molecular weight is 898 g/mol. The first-order valence-electron chi connectivity index (χ1n) is 27.0. The number of hydrogen-bond donors (Lipinski definition) is 0. The van der Waals surface area contributed by atoms with Crippen LogP contribution in [-0.4, -0.2) is 26.4 Å². The van der Waals surface area contributed by atoms with Crippen LogP contribution >= 0.6 is 0 Å². The second-order valence-corrected chi connectivity index (χ2v) is 19.1. The first-order valence-corrected chi connectivity index (χ1v) is 27.0. The molecule has 0 saturated heterocycles. The lowest BCUT2D eigenvalue weighted by Gasteiger charge is -2.23. The van der Waals surface area contributed by atoms with Crippen molar-refractivity contribution >= 4 is 0 Å². The van der Waals surface area contributed by atoms with Crippen molar-refractivity contribution < 1.29 is 18.9 Å². The predicted octanol–water partition coefficient (Wildman–Crippen LogP) is 17.2. The number of unbranched alkanes of at least 4 members (excludes halogenated alkanes) is 20. The molecule has 360 valence electrons. The van der Waals surface area contributed by atoms with Crippen LogP contribution in [0.5, 0.6) is 23.0 Å². The number of nitriles is 1. The highest BCUT2D eigenvalue weighted by molar-refractivity contribution is 5.57. The van der Waals surface area contributed by atoms with Gasteiger partial charge in [-0.3, -0.25) is 0 Å². The topological polar surface area (TPSA) is 60.7 Å². The molecule has 5 heteroatoms. The molecule has 0 aromatic heterocycles. The molecule has 8 bridgehead atoms. The van der Waals surface area contributed by atoms with E-state index in [1.807, 2.05) is 0 Å². The summed E-state index contributed by atoms with van der Waals surface area (Å²) in [5, 5.41) is 10.6. The van der Waals surface area contributed by atoms with E-state index in [0.29, 0.717) is 57.7 Å². The highest BCUT2D eigenvalue weighted by Crippen LogP contribution is 2.40. The van der Waals surface area contributed by atoms with E-state index in [2.05, 4.69) is 100 Å². The van der Waals surface area contributed by atoms with Crippen LogP contribution in [0.4, 0.5) is 0 Å². The summed E-state index contributed by atoms with van der Waals surface area (Å²) in [5.41, 5.74) is 9.72. The molecule has 0 atom stereocenters. The maximum Gasteiger partial charge on any atom is 0.126 e. The standard InChI is InChI=1S/C61H87NO4/c1-5-9-13-17-21-25-38-63-58-50-32-29-33-51(58)45-53-35-31-37-55(60(53)65-40-27-23-19-15-11-7-3)47-57-43-49(48-62)42-56(61(57)66-41-28-24-20-16-12-8-4)46-54-36-30-34-52(44-50)59(54)64-39-26-22-18-14-10-6-2/h29-37,42-43H,5-28,38-41,44-47H2,1-4H3. The van der Waals surface area contributed by atoms with Crippen LogP contribution in [0.1, 0.15) is 232 Å². The number of rotatable bonds is 32. The molecule has 0 radical (unpaired) electrons. The number of benzene rings is 4. The van der Waals surface area contributed by atoms with Crippen molar-refractivity contribution in [3.8, 4) is 29.1 Å². The van der Waals surface area contributed by atoms with Crippen LogP contribution in [0, 0.1) is 11.3 Å². The van der Waals surface area contributed by atoms with Crippen LogP contribution in [0.15, 0.2) is 66.7 Å². The lowest BCUT2D eigenvalue weighted by atomic mass is 9.90. The largest absolute Gasteiger partial charge is 0.493 e. The predicted molar refractivity (Wildman–Crippen MR) is 277 cm³/mol. The fourth-order valence-corrected chi connectivity index (χ4v) is 9.62. The maximum absolute atomic E-state index is 10.6. The first kappa shape index (κ1) is 52.5. The normalized spacial score (nSPS) is 12.2.